The summed E-state index contributed by atoms with van der Waals surface area (Å²) in [5.41, 5.74) is 0.768. The Morgan fingerprint density at radius 2 is 2.35 bits per heavy atom. The van der Waals surface area contributed by atoms with Crippen LogP contribution in [0, 0.1) is 0 Å². The number of carbonyl (C=O) groups excluding carboxylic acids is 1. The molecule has 0 atom stereocenters. The molecule has 0 saturated heterocycles. The lowest BCUT2D eigenvalue weighted by molar-refractivity contribution is -0.121. The largest absolute Gasteiger partial charge is 0.482 e. The highest BCUT2D eigenvalue weighted by molar-refractivity contribution is 6.31. The second kappa shape index (κ2) is 5.38. The first-order chi connectivity index (χ1) is 8.22. The summed E-state index contributed by atoms with van der Waals surface area (Å²) >= 11 is 5.95. The fourth-order valence-corrected chi connectivity index (χ4v) is 2.00. The summed E-state index contributed by atoms with van der Waals surface area (Å²) in [6, 6.07) is 5.34. The highest BCUT2D eigenvalue weighted by atomic mass is 35.5. The minimum atomic E-state index is -0.0177. The first-order valence-electron chi connectivity index (χ1n) is 5.59. The lowest BCUT2D eigenvalue weighted by atomic mass is 10.2. The summed E-state index contributed by atoms with van der Waals surface area (Å²) in [6.07, 6.45) is 0.897. The van der Waals surface area contributed by atoms with Gasteiger partial charge in [-0.15, -0.1) is 0 Å². The molecule has 17 heavy (non-hydrogen) atoms. The molecule has 1 heterocycles. The van der Waals surface area contributed by atoms with Gasteiger partial charge in [0.2, 0.25) is 0 Å². The smallest absolute Gasteiger partial charge is 0.265 e. The van der Waals surface area contributed by atoms with Crippen molar-refractivity contribution in [3.8, 4) is 5.75 Å². The second-order valence-corrected chi connectivity index (χ2v) is 4.34. The van der Waals surface area contributed by atoms with E-state index in [4.69, 9.17) is 16.3 Å². The topological polar surface area (TPSA) is 41.6 Å². The number of benzene rings is 1. The molecule has 1 aromatic rings. The summed E-state index contributed by atoms with van der Waals surface area (Å²) in [5, 5.41) is 3.67. The quantitative estimate of drug-likeness (QED) is 0.832. The maximum absolute atomic E-state index is 11.8. The zero-order chi connectivity index (χ0) is 12.3. The molecule has 0 saturated carbocycles. The number of nitrogens with zero attached hydrogens (tertiary/aromatic N) is 1. The van der Waals surface area contributed by atoms with Crippen LogP contribution in [-0.2, 0) is 4.79 Å². The van der Waals surface area contributed by atoms with E-state index < -0.39 is 0 Å². The Morgan fingerprint density at radius 1 is 1.53 bits per heavy atom. The Kier molecular flexibility index (Phi) is 3.86. The lowest BCUT2D eigenvalue weighted by Crippen LogP contribution is -2.40. The number of halogens is 1. The third-order valence-electron chi connectivity index (χ3n) is 2.67. The van der Waals surface area contributed by atoms with E-state index in [-0.39, 0.29) is 12.5 Å². The first kappa shape index (κ1) is 12.2. The van der Waals surface area contributed by atoms with Crippen LogP contribution in [0.15, 0.2) is 18.2 Å². The van der Waals surface area contributed by atoms with E-state index >= 15 is 0 Å². The van der Waals surface area contributed by atoms with Crippen molar-refractivity contribution in [1.82, 2.24) is 5.32 Å². The van der Waals surface area contributed by atoms with Gasteiger partial charge in [0.05, 0.1) is 5.69 Å². The van der Waals surface area contributed by atoms with E-state index in [2.05, 4.69) is 5.32 Å². The highest BCUT2D eigenvalue weighted by Gasteiger charge is 2.24. The molecular formula is C12H15ClN2O2. The molecule has 0 aromatic heterocycles. The normalized spacial score (nSPS) is 14.5. The van der Waals surface area contributed by atoms with Crippen molar-refractivity contribution >= 4 is 23.2 Å². The van der Waals surface area contributed by atoms with E-state index in [1.807, 2.05) is 7.05 Å². The van der Waals surface area contributed by atoms with Gasteiger partial charge in [0.1, 0.15) is 5.75 Å². The molecule has 1 aliphatic heterocycles. The van der Waals surface area contributed by atoms with Crippen molar-refractivity contribution in [2.45, 2.75) is 6.42 Å². The number of carbonyl (C=O) groups is 1. The van der Waals surface area contributed by atoms with Crippen molar-refractivity contribution < 1.29 is 9.53 Å². The van der Waals surface area contributed by atoms with Gasteiger partial charge >= 0.3 is 0 Å². The minimum absolute atomic E-state index is 0.0177. The van der Waals surface area contributed by atoms with Crippen LogP contribution < -0.4 is 15.0 Å². The van der Waals surface area contributed by atoms with Crippen LogP contribution in [0.25, 0.3) is 0 Å². The fourth-order valence-electron chi connectivity index (χ4n) is 1.83. The van der Waals surface area contributed by atoms with Crippen molar-refractivity contribution in [3.63, 3.8) is 0 Å². The van der Waals surface area contributed by atoms with Gasteiger partial charge in [-0.3, -0.25) is 4.79 Å². The molecule has 5 heteroatoms. The molecule has 1 aromatic carbocycles. The fraction of sp³-hybridized carbons (Fsp3) is 0.417. The van der Waals surface area contributed by atoms with Crippen LogP contribution in [0.3, 0.4) is 0 Å². The Balaban J connectivity index is 2.20. The van der Waals surface area contributed by atoms with Gasteiger partial charge in [0, 0.05) is 11.6 Å². The predicted octanol–water partition coefficient (Wildman–Crippen LogP) is 1.67. The second-order valence-electron chi connectivity index (χ2n) is 3.90. The molecular weight excluding hydrogens is 240 g/mol. The van der Waals surface area contributed by atoms with E-state index in [0.29, 0.717) is 11.6 Å². The monoisotopic (exact) mass is 254 g/mol. The standard InChI is InChI=1S/C12H15ClN2O2/c1-14-5-2-6-15-10-7-9(13)3-4-11(10)17-8-12(15)16/h3-4,7,14H,2,5-6,8H2,1H3. The maximum atomic E-state index is 11.8. The van der Waals surface area contributed by atoms with Crippen LogP contribution in [-0.4, -0.2) is 32.7 Å². The van der Waals surface area contributed by atoms with Crippen molar-refractivity contribution in [2.75, 3.05) is 31.6 Å². The Morgan fingerprint density at radius 3 is 3.12 bits per heavy atom. The third kappa shape index (κ3) is 2.70. The minimum Gasteiger partial charge on any atom is -0.482 e. The molecule has 1 aliphatic rings. The molecule has 0 unspecified atom stereocenters. The molecule has 1 N–H and O–H groups in total. The molecule has 2 rings (SSSR count). The molecule has 1 amide bonds. The van der Waals surface area contributed by atoms with Gasteiger partial charge in [-0.1, -0.05) is 11.6 Å². The van der Waals surface area contributed by atoms with Crippen LogP contribution >= 0.6 is 11.6 Å². The average molecular weight is 255 g/mol. The van der Waals surface area contributed by atoms with Gasteiger partial charge in [0.15, 0.2) is 6.61 Å². The van der Waals surface area contributed by atoms with Gasteiger partial charge < -0.3 is 15.0 Å². The molecule has 0 bridgehead atoms. The van der Waals surface area contributed by atoms with E-state index in [0.717, 1.165) is 24.4 Å². The Hall–Kier alpha value is -1.26. The molecule has 92 valence electrons. The van der Waals surface area contributed by atoms with Crippen LogP contribution in [0.5, 0.6) is 5.75 Å². The molecule has 0 radical (unpaired) electrons. The van der Waals surface area contributed by atoms with E-state index in [1.54, 1.807) is 23.1 Å². The van der Waals surface area contributed by atoms with E-state index in [1.165, 1.54) is 0 Å². The van der Waals surface area contributed by atoms with Crippen LogP contribution in [0.2, 0.25) is 5.02 Å². The molecule has 0 aliphatic carbocycles. The zero-order valence-corrected chi connectivity index (χ0v) is 10.5. The first-order valence-corrected chi connectivity index (χ1v) is 5.97. The van der Waals surface area contributed by atoms with Crippen LogP contribution in [0.1, 0.15) is 6.42 Å². The third-order valence-corrected chi connectivity index (χ3v) is 2.91. The van der Waals surface area contributed by atoms with E-state index in [9.17, 15) is 4.79 Å². The summed E-state index contributed by atoms with van der Waals surface area (Å²) in [4.78, 5) is 13.5. The van der Waals surface area contributed by atoms with Gasteiger partial charge in [-0.05, 0) is 38.2 Å². The predicted molar refractivity (Wildman–Crippen MR) is 67.8 cm³/mol. The van der Waals surface area contributed by atoms with Crippen molar-refractivity contribution in [3.05, 3.63) is 23.2 Å². The number of ether oxygens (including phenoxy) is 1. The van der Waals surface area contributed by atoms with Crippen molar-refractivity contribution in [2.24, 2.45) is 0 Å². The lowest BCUT2D eigenvalue weighted by Gasteiger charge is -2.29. The molecule has 0 fully saturated rings. The van der Waals surface area contributed by atoms with Gasteiger partial charge in [-0.25, -0.2) is 0 Å². The Labute approximate surface area is 106 Å². The summed E-state index contributed by atoms with van der Waals surface area (Å²) in [7, 11) is 1.89. The maximum Gasteiger partial charge on any atom is 0.265 e. The molecule has 4 nitrogen and oxygen atoms in total. The Bertz CT molecular complexity index is 423. The van der Waals surface area contributed by atoms with Gasteiger partial charge in [-0.2, -0.15) is 0 Å². The van der Waals surface area contributed by atoms with Crippen LogP contribution in [0.4, 0.5) is 5.69 Å². The number of nitrogens with one attached hydrogen (secondary N) is 1. The average Bonchev–Trinajstić information content (AvgIpc) is 2.32. The number of fused-ring (bicyclic) bond motifs is 1. The highest BCUT2D eigenvalue weighted by Crippen LogP contribution is 2.34. The van der Waals surface area contributed by atoms with Gasteiger partial charge in [0.25, 0.3) is 5.91 Å². The van der Waals surface area contributed by atoms with Crippen molar-refractivity contribution in [1.29, 1.82) is 0 Å². The molecule has 0 spiro atoms. The summed E-state index contributed by atoms with van der Waals surface area (Å²) < 4.78 is 5.36. The SMILES string of the molecule is CNCCCN1C(=O)COc2ccc(Cl)cc21. The number of amides is 1. The number of rotatable bonds is 4. The number of hydrogen-bond donors (Lipinski definition) is 1. The number of hydrogen-bond acceptors (Lipinski definition) is 3. The number of anilines is 1. The summed E-state index contributed by atoms with van der Waals surface area (Å²) in [6.45, 7) is 1.66. The zero-order valence-electron chi connectivity index (χ0n) is 9.70. The summed E-state index contributed by atoms with van der Waals surface area (Å²) in [5.74, 6) is 0.703.